The lowest BCUT2D eigenvalue weighted by Gasteiger charge is -2.09. The molecule has 0 saturated heterocycles. The average molecular weight is 465 g/mol. The molecule has 0 saturated carbocycles. The van der Waals surface area contributed by atoms with Gasteiger partial charge in [0, 0.05) is 30.8 Å². The molecule has 0 atom stereocenters. The number of benzene rings is 3. The van der Waals surface area contributed by atoms with E-state index >= 15 is 0 Å². The zero-order chi connectivity index (χ0) is 21.3. The number of thioether (sulfide) groups is 1. The highest BCUT2D eigenvalue weighted by atomic mass is 35.5. The quantitative estimate of drug-likeness (QED) is 0.200. The number of aromatic amines is 1. The van der Waals surface area contributed by atoms with E-state index in [2.05, 4.69) is 15.4 Å². The lowest BCUT2D eigenvalue weighted by Crippen LogP contribution is -2.22. The molecule has 4 rings (SSSR count). The lowest BCUT2D eigenvalue weighted by molar-refractivity contribution is 0.293. The SMILES string of the molecule is CSCCn1[nH]c2c3c(=O)ccc(O)c3c(O)c3c(=NCCNCCO)ccc1c32.Cl. The van der Waals surface area contributed by atoms with Crippen molar-refractivity contribution >= 4 is 56.7 Å². The number of rotatable bonds is 8. The Morgan fingerprint density at radius 1 is 1.10 bits per heavy atom. The number of aliphatic hydroxyl groups excluding tert-OH is 1. The van der Waals surface area contributed by atoms with Gasteiger partial charge < -0.3 is 20.6 Å². The van der Waals surface area contributed by atoms with Crippen molar-refractivity contribution in [1.82, 2.24) is 15.1 Å². The second-order valence-corrected chi connectivity index (χ2v) is 8.01. The molecule has 0 spiro atoms. The summed E-state index contributed by atoms with van der Waals surface area (Å²) in [4.78, 5) is 17.3. The van der Waals surface area contributed by atoms with Crippen LogP contribution in [0.15, 0.2) is 34.1 Å². The van der Waals surface area contributed by atoms with E-state index in [0.717, 1.165) is 16.7 Å². The second-order valence-electron chi connectivity index (χ2n) is 7.02. The molecule has 0 aliphatic carbocycles. The first kappa shape index (κ1) is 23.2. The van der Waals surface area contributed by atoms with E-state index in [-0.39, 0.29) is 46.7 Å². The molecule has 31 heavy (non-hydrogen) atoms. The second kappa shape index (κ2) is 9.78. The summed E-state index contributed by atoms with van der Waals surface area (Å²) < 4.78 is 1.96. The Bertz CT molecular complexity index is 1330. The largest absolute Gasteiger partial charge is 0.507 e. The molecule has 0 aliphatic heterocycles. The zero-order valence-corrected chi connectivity index (χ0v) is 18.6. The van der Waals surface area contributed by atoms with Crippen molar-refractivity contribution in [3.63, 3.8) is 0 Å². The van der Waals surface area contributed by atoms with E-state index in [4.69, 9.17) is 5.11 Å². The maximum Gasteiger partial charge on any atom is 0.189 e. The number of aromatic hydroxyl groups is 2. The highest BCUT2D eigenvalue weighted by Gasteiger charge is 2.21. The topological polar surface area (TPSA) is 123 Å². The predicted octanol–water partition coefficient (Wildman–Crippen LogP) is 1.75. The van der Waals surface area contributed by atoms with Crippen LogP contribution in [0.3, 0.4) is 0 Å². The van der Waals surface area contributed by atoms with Crippen LogP contribution in [0.4, 0.5) is 0 Å². The van der Waals surface area contributed by atoms with Gasteiger partial charge in [-0.05, 0) is 30.5 Å². The Morgan fingerprint density at radius 3 is 2.65 bits per heavy atom. The Morgan fingerprint density at radius 2 is 1.90 bits per heavy atom. The molecular formula is C21H25ClN4O4S. The minimum atomic E-state index is -0.268. The van der Waals surface area contributed by atoms with Crippen LogP contribution in [-0.2, 0) is 6.54 Å². The Labute approximate surface area is 188 Å². The molecule has 0 radical (unpaired) electrons. The van der Waals surface area contributed by atoms with Gasteiger partial charge in [0.2, 0.25) is 0 Å². The van der Waals surface area contributed by atoms with Crippen LogP contribution in [0.25, 0.3) is 32.6 Å². The first-order valence-corrected chi connectivity index (χ1v) is 11.1. The molecule has 10 heteroatoms. The monoisotopic (exact) mass is 464 g/mol. The molecule has 3 aromatic carbocycles. The van der Waals surface area contributed by atoms with Gasteiger partial charge in [0.25, 0.3) is 0 Å². The smallest absolute Gasteiger partial charge is 0.189 e. The highest BCUT2D eigenvalue weighted by Crippen LogP contribution is 2.41. The maximum absolute atomic E-state index is 12.7. The van der Waals surface area contributed by atoms with E-state index in [1.54, 1.807) is 11.8 Å². The Balaban J connectivity index is 0.00000272. The Kier molecular flexibility index (Phi) is 7.32. The third kappa shape index (κ3) is 4.06. The standard InChI is InChI=1S/C21H24N4O4S.ClH/c1-30-11-9-25-13-3-2-12(23-7-6-22-8-10-26)16-17(13)20(24-25)18-14(27)4-5-15(28)19(18)21(16)29;/h2-5,22,24,26,28-29H,6-11H2,1H3;1H. The van der Waals surface area contributed by atoms with Gasteiger partial charge in [-0.1, -0.05) is 0 Å². The van der Waals surface area contributed by atoms with Gasteiger partial charge in [0.05, 0.1) is 45.7 Å². The number of halogens is 1. The molecule has 8 nitrogen and oxygen atoms in total. The van der Waals surface area contributed by atoms with Crippen molar-refractivity contribution in [2.75, 3.05) is 38.2 Å². The minimum Gasteiger partial charge on any atom is -0.507 e. The van der Waals surface area contributed by atoms with Crippen LogP contribution < -0.4 is 16.1 Å². The number of fused-ring (bicyclic) bond motifs is 2. The summed E-state index contributed by atoms with van der Waals surface area (Å²) in [5.41, 5.74) is 1.19. The molecule has 1 heterocycles. The molecule has 166 valence electrons. The minimum absolute atomic E-state index is 0. The van der Waals surface area contributed by atoms with Crippen LogP contribution in [-0.4, -0.2) is 63.3 Å². The first-order chi connectivity index (χ1) is 14.6. The fourth-order valence-corrected chi connectivity index (χ4v) is 4.23. The van der Waals surface area contributed by atoms with Gasteiger partial charge in [-0.25, -0.2) is 0 Å². The van der Waals surface area contributed by atoms with Crippen LogP contribution in [0.2, 0.25) is 0 Å². The van der Waals surface area contributed by atoms with Crippen LogP contribution >= 0.6 is 24.2 Å². The summed E-state index contributed by atoms with van der Waals surface area (Å²) in [6, 6.07) is 6.40. The summed E-state index contributed by atoms with van der Waals surface area (Å²) in [7, 11) is 0. The third-order valence-corrected chi connectivity index (χ3v) is 5.79. The number of phenolic OH excluding ortho intramolecular Hbond substituents is 2. The number of aromatic nitrogens is 2. The summed E-state index contributed by atoms with van der Waals surface area (Å²) in [5, 5.41) is 39.0. The van der Waals surface area contributed by atoms with Gasteiger partial charge in [0.15, 0.2) is 5.43 Å². The molecule has 4 aromatic rings. The number of H-pyrrole nitrogens is 1. The van der Waals surface area contributed by atoms with E-state index in [9.17, 15) is 15.0 Å². The summed E-state index contributed by atoms with van der Waals surface area (Å²) in [6.45, 7) is 2.30. The highest BCUT2D eigenvalue weighted by molar-refractivity contribution is 7.98. The van der Waals surface area contributed by atoms with E-state index in [1.807, 2.05) is 23.1 Å². The maximum atomic E-state index is 12.7. The van der Waals surface area contributed by atoms with E-state index in [0.29, 0.717) is 42.4 Å². The van der Waals surface area contributed by atoms with Gasteiger partial charge in [-0.2, -0.15) is 11.8 Å². The van der Waals surface area contributed by atoms with Crippen molar-refractivity contribution in [2.45, 2.75) is 6.54 Å². The predicted molar refractivity (Wildman–Crippen MR) is 128 cm³/mol. The first-order valence-electron chi connectivity index (χ1n) is 9.75. The number of nitrogens with zero attached hydrogens (tertiary/aromatic N) is 2. The molecule has 1 aromatic heterocycles. The fraction of sp³-hybridized carbons (Fsp3) is 0.333. The molecule has 0 bridgehead atoms. The molecule has 0 fully saturated rings. The molecule has 0 aliphatic rings. The Hall–Kier alpha value is -2.46. The number of nitrogens with one attached hydrogen (secondary N) is 2. The molecule has 0 amide bonds. The third-order valence-electron chi connectivity index (χ3n) is 5.20. The number of hydrogen-bond acceptors (Lipinski definition) is 7. The average Bonchev–Trinajstić information content (AvgIpc) is 3.11. The molecular weight excluding hydrogens is 440 g/mol. The van der Waals surface area contributed by atoms with Gasteiger partial charge >= 0.3 is 0 Å². The normalized spacial score (nSPS) is 12.3. The molecule has 0 unspecified atom stereocenters. The number of aryl methyl sites for hydroxylation is 1. The van der Waals surface area contributed by atoms with Crippen molar-refractivity contribution in [1.29, 1.82) is 0 Å². The number of aliphatic hydroxyl groups is 1. The summed E-state index contributed by atoms with van der Waals surface area (Å²) >= 11 is 1.71. The van der Waals surface area contributed by atoms with Crippen molar-refractivity contribution in [3.8, 4) is 11.5 Å². The van der Waals surface area contributed by atoms with E-state index < -0.39 is 0 Å². The zero-order valence-electron chi connectivity index (χ0n) is 17.0. The van der Waals surface area contributed by atoms with Crippen LogP contribution in [0.1, 0.15) is 0 Å². The van der Waals surface area contributed by atoms with Crippen LogP contribution in [0, 0.1) is 0 Å². The van der Waals surface area contributed by atoms with Gasteiger partial charge in [-0.3, -0.25) is 19.6 Å². The van der Waals surface area contributed by atoms with Gasteiger partial charge in [-0.15, -0.1) is 12.4 Å². The van der Waals surface area contributed by atoms with Crippen molar-refractivity contribution < 1.29 is 15.3 Å². The summed E-state index contributed by atoms with van der Waals surface area (Å²) in [5.74, 6) is 0.590. The lowest BCUT2D eigenvalue weighted by atomic mass is 9.99. The summed E-state index contributed by atoms with van der Waals surface area (Å²) in [6.07, 6.45) is 2.03. The van der Waals surface area contributed by atoms with Crippen molar-refractivity contribution in [3.05, 3.63) is 39.8 Å². The van der Waals surface area contributed by atoms with Crippen LogP contribution in [0.5, 0.6) is 11.5 Å². The van der Waals surface area contributed by atoms with Crippen molar-refractivity contribution in [2.24, 2.45) is 4.99 Å². The number of hydrogen-bond donors (Lipinski definition) is 5. The van der Waals surface area contributed by atoms with E-state index in [1.165, 1.54) is 12.1 Å². The van der Waals surface area contributed by atoms with Gasteiger partial charge in [0.1, 0.15) is 11.5 Å². The fourth-order valence-electron chi connectivity index (χ4n) is 3.87. The number of phenols is 2. The molecule has 5 N–H and O–H groups in total.